The van der Waals surface area contributed by atoms with E-state index in [0.29, 0.717) is 5.92 Å². The first kappa shape index (κ1) is 21.2. The maximum Gasteiger partial charge on any atom is 0.00898 e. The zero-order chi connectivity index (χ0) is 17.9. The van der Waals surface area contributed by atoms with Gasteiger partial charge in [0.05, 0.1) is 0 Å². The van der Waals surface area contributed by atoms with E-state index in [-0.39, 0.29) is 12.4 Å². The molecule has 1 N–H and O–H groups in total. The van der Waals surface area contributed by atoms with Gasteiger partial charge in [-0.05, 0) is 55.5 Å². The summed E-state index contributed by atoms with van der Waals surface area (Å²) in [5, 5.41) is 3.61. The van der Waals surface area contributed by atoms with E-state index in [0.717, 1.165) is 19.5 Å². The number of hydrogen-bond acceptors (Lipinski definition) is 1. The summed E-state index contributed by atoms with van der Waals surface area (Å²) < 4.78 is 0. The van der Waals surface area contributed by atoms with Crippen LogP contribution in [0.2, 0.25) is 0 Å². The van der Waals surface area contributed by atoms with Gasteiger partial charge in [-0.25, -0.2) is 0 Å². The quantitative estimate of drug-likeness (QED) is 0.411. The third kappa shape index (κ3) is 7.21. The SMILES string of the molecule is Cl.c1ccc(CCCNCCCC(c2ccccc2)c2ccccc2)cc1. The van der Waals surface area contributed by atoms with E-state index in [9.17, 15) is 0 Å². The van der Waals surface area contributed by atoms with Gasteiger partial charge in [-0.15, -0.1) is 12.4 Å². The van der Waals surface area contributed by atoms with Crippen LogP contribution in [0.5, 0.6) is 0 Å². The molecular formula is C25H30ClN. The second-order valence-electron chi connectivity index (χ2n) is 6.86. The van der Waals surface area contributed by atoms with Crippen molar-refractivity contribution < 1.29 is 0 Å². The van der Waals surface area contributed by atoms with Crippen LogP contribution in [0.4, 0.5) is 0 Å². The molecule has 0 fully saturated rings. The number of halogens is 1. The second kappa shape index (κ2) is 12.3. The van der Waals surface area contributed by atoms with Gasteiger partial charge in [0.25, 0.3) is 0 Å². The predicted molar refractivity (Wildman–Crippen MR) is 119 cm³/mol. The number of benzene rings is 3. The molecule has 0 unspecified atom stereocenters. The Kier molecular flexibility index (Phi) is 9.68. The van der Waals surface area contributed by atoms with Crippen LogP contribution < -0.4 is 5.32 Å². The molecule has 0 aliphatic carbocycles. The highest BCUT2D eigenvalue weighted by molar-refractivity contribution is 5.85. The van der Waals surface area contributed by atoms with Crippen LogP contribution in [-0.4, -0.2) is 13.1 Å². The molecule has 0 spiro atoms. The molecule has 0 heterocycles. The van der Waals surface area contributed by atoms with E-state index >= 15 is 0 Å². The minimum absolute atomic E-state index is 0. The van der Waals surface area contributed by atoms with Gasteiger partial charge >= 0.3 is 0 Å². The average Bonchev–Trinajstić information content (AvgIpc) is 2.72. The average molecular weight is 380 g/mol. The molecule has 27 heavy (non-hydrogen) atoms. The largest absolute Gasteiger partial charge is 0.317 e. The summed E-state index contributed by atoms with van der Waals surface area (Å²) in [5.74, 6) is 0.489. The summed E-state index contributed by atoms with van der Waals surface area (Å²) >= 11 is 0. The third-order valence-electron chi connectivity index (χ3n) is 4.91. The third-order valence-corrected chi connectivity index (χ3v) is 4.91. The summed E-state index contributed by atoms with van der Waals surface area (Å²) in [5.41, 5.74) is 4.27. The van der Waals surface area contributed by atoms with Gasteiger partial charge in [-0.2, -0.15) is 0 Å². The maximum absolute atomic E-state index is 3.61. The Labute approximate surface area is 170 Å². The van der Waals surface area contributed by atoms with Crippen molar-refractivity contribution in [3.8, 4) is 0 Å². The standard InChI is InChI=1S/C25H29N.ClH/c1-4-12-22(13-5-1)14-10-20-26-21-11-19-25(23-15-6-2-7-16-23)24-17-8-3-9-18-24;/h1-9,12-13,15-18,25-26H,10-11,14,19-21H2;1H. The molecule has 0 aliphatic heterocycles. The highest BCUT2D eigenvalue weighted by Gasteiger charge is 2.13. The zero-order valence-corrected chi connectivity index (χ0v) is 16.7. The van der Waals surface area contributed by atoms with E-state index in [1.807, 2.05) is 0 Å². The molecule has 3 aromatic carbocycles. The van der Waals surface area contributed by atoms with Crippen molar-refractivity contribution in [2.24, 2.45) is 0 Å². The fraction of sp³-hybridized carbons (Fsp3) is 0.280. The van der Waals surface area contributed by atoms with Gasteiger partial charge in [0, 0.05) is 5.92 Å². The number of hydrogen-bond donors (Lipinski definition) is 1. The molecule has 0 radical (unpaired) electrons. The number of rotatable bonds is 10. The van der Waals surface area contributed by atoms with Gasteiger partial charge in [0.1, 0.15) is 0 Å². The van der Waals surface area contributed by atoms with Crippen molar-refractivity contribution in [2.45, 2.75) is 31.6 Å². The van der Waals surface area contributed by atoms with Crippen LogP contribution in [0, 0.1) is 0 Å². The molecule has 0 aromatic heterocycles. The van der Waals surface area contributed by atoms with Crippen LogP contribution in [0.3, 0.4) is 0 Å². The Balaban J connectivity index is 0.00000261. The summed E-state index contributed by atoms with van der Waals surface area (Å²) in [4.78, 5) is 0. The molecule has 2 heteroatoms. The van der Waals surface area contributed by atoms with Crippen molar-refractivity contribution in [2.75, 3.05) is 13.1 Å². The van der Waals surface area contributed by atoms with E-state index < -0.39 is 0 Å². The minimum Gasteiger partial charge on any atom is -0.317 e. The highest BCUT2D eigenvalue weighted by atomic mass is 35.5. The fourth-order valence-electron chi connectivity index (χ4n) is 3.51. The van der Waals surface area contributed by atoms with E-state index in [2.05, 4.69) is 96.3 Å². The Morgan fingerprint density at radius 1 is 0.593 bits per heavy atom. The van der Waals surface area contributed by atoms with Gasteiger partial charge in [-0.3, -0.25) is 0 Å². The van der Waals surface area contributed by atoms with E-state index in [1.165, 1.54) is 36.0 Å². The zero-order valence-electron chi connectivity index (χ0n) is 15.9. The Bertz CT molecular complexity index is 689. The lowest BCUT2D eigenvalue weighted by atomic mass is 9.87. The van der Waals surface area contributed by atoms with E-state index in [1.54, 1.807) is 0 Å². The first-order valence-electron chi connectivity index (χ1n) is 9.78. The van der Waals surface area contributed by atoms with Crippen LogP contribution in [0.15, 0.2) is 91.0 Å². The summed E-state index contributed by atoms with van der Waals surface area (Å²) in [6.07, 6.45) is 4.73. The van der Waals surface area contributed by atoms with Crippen molar-refractivity contribution in [3.63, 3.8) is 0 Å². The Morgan fingerprint density at radius 2 is 1.07 bits per heavy atom. The first-order chi connectivity index (χ1) is 12.9. The summed E-state index contributed by atoms with van der Waals surface area (Å²) in [6, 6.07) is 32.5. The lowest BCUT2D eigenvalue weighted by molar-refractivity contribution is 0.581. The van der Waals surface area contributed by atoms with Crippen LogP contribution in [-0.2, 0) is 6.42 Å². The maximum atomic E-state index is 3.61. The number of nitrogens with one attached hydrogen (secondary N) is 1. The molecule has 0 aliphatic rings. The monoisotopic (exact) mass is 379 g/mol. The molecule has 0 bridgehead atoms. The van der Waals surface area contributed by atoms with Gasteiger partial charge in [-0.1, -0.05) is 91.0 Å². The molecule has 0 saturated heterocycles. The fourth-order valence-corrected chi connectivity index (χ4v) is 3.51. The molecule has 0 amide bonds. The second-order valence-corrected chi connectivity index (χ2v) is 6.86. The Hall–Kier alpha value is -2.09. The van der Waals surface area contributed by atoms with Gasteiger partial charge < -0.3 is 5.32 Å². The van der Waals surface area contributed by atoms with Gasteiger partial charge in [0.15, 0.2) is 0 Å². The van der Waals surface area contributed by atoms with Crippen molar-refractivity contribution in [1.29, 1.82) is 0 Å². The van der Waals surface area contributed by atoms with Gasteiger partial charge in [0.2, 0.25) is 0 Å². The summed E-state index contributed by atoms with van der Waals surface area (Å²) in [7, 11) is 0. The topological polar surface area (TPSA) is 12.0 Å². The Morgan fingerprint density at radius 3 is 1.63 bits per heavy atom. The van der Waals surface area contributed by atoms with Crippen LogP contribution in [0.1, 0.15) is 41.9 Å². The molecule has 0 atom stereocenters. The van der Waals surface area contributed by atoms with Crippen molar-refractivity contribution >= 4 is 12.4 Å². The summed E-state index contributed by atoms with van der Waals surface area (Å²) in [6.45, 7) is 2.18. The molecule has 1 nitrogen and oxygen atoms in total. The van der Waals surface area contributed by atoms with Crippen molar-refractivity contribution in [3.05, 3.63) is 108 Å². The number of aryl methyl sites for hydroxylation is 1. The molecule has 142 valence electrons. The normalized spacial score (nSPS) is 10.6. The van der Waals surface area contributed by atoms with Crippen LogP contribution in [0.25, 0.3) is 0 Å². The lowest BCUT2D eigenvalue weighted by Crippen LogP contribution is -2.18. The molecule has 3 rings (SSSR count). The smallest absolute Gasteiger partial charge is 0.00898 e. The minimum atomic E-state index is 0. The first-order valence-corrected chi connectivity index (χ1v) is 9.78. The molecule has 0 saturated carbocycles. The molecule has 3 aromatic rings. The predicted octanol–water partition coefficient (Wildman–Crippen LogP) is 6.24. The van der Waals surface area contributed by atoms with Crippen LogP contribution >= 0.6 is 12.4 Å². The lowest BCUT2D eigenvalue weighted by Gasteiger charge is -2.18. The highest BCUT2D eigenvalue weighted by Crippen LogP contribution is 2.28. The van der Waals surface area contributed by atoms with E-state index in [4.69, 9.17) is 0 Å². The molecular weight excluding hydrogens is 350 g/mol. The van der Waals surface area contributed by atoms with Crippen molar-refractivity contribution in [1.82, 2.24) is 5.32 Å².